The van der Waals surface area contributed by atoms with E-state index in [-0.39, 0.29) is 17.9 Å². The van der Waals surface area contributed by atoms with Gasteiger partial charge in [0, 0.05) is 6.04 Å². The van der Waals surface area contributed by atoms with Crippen LogP contribution < -0.4 is 5.32 Å². The first-order chi connectivity index (χ1) is 8.08. The Morgan fingerprint density at radius 3 is 2.76 bits per heavy atom. The van der Waals surface area contributed by atoms with Crippen molar-refractivity contribution in [3.63, 3.8) is 0 Å². The van der Waals surface area contributed by atoms with Gasteiger partial charge in [0.05, 0.1) is 17.7 Å². The number of hydrogen-bond acceptors (Lipinski definition) is 3. The summed E-state index contributed by atoms with van der Waals surface area (Å²) in [6, 6.07) is 1.58. The zero-order valence-electron chi connectivity index (χ0n) is 9.60. The van der Waals surface area contributed by atoms with Crippen LogP contribution in [0.15, 0.2) is 16.7 Å². The molecule has 1 amide bonds. The van der Waals surface area contributed by atoms with Gasteiger partial charge in [-0.3, -0.25) is 9.59 Å². The molecule has 2 atom stereocenters. The van der Waals surface area contributed by atoms with Crippen molar-refractivity contribution in [2.75, 3.05) is 0 Å². The molecule has 0 aromatic carbocycles. The number of amides is 1. The molecule has 0 saturated heterocycles. The molecule has 1 heterocycles. The Labute approximate surface area is 98.8 Å². The molecule has 2 N–H and O–H groups in total. The summed E-state index contributed by atoms with van der Waals surface area (Å²) in [4.78, 5) is 22.6. The third-order valence-electron chi connectivity index (χ3n) is 3.22. The van der Waals surface area contributed by atoms with Gasteiger partial charge in [-0.05, 0) is 32.3 Å². The summed E-state index contributed by atoms with van der Waals surface area (Å²) in [6.07, 6.45) is 3.33. The van der Waals surface area contributed by atoms with E-state index in [0.29, 0.717) is 24.2 Å². The Morgan fingerprint density at radius 1 is 1.47 bits per heavy atom. The van der Waals surface area contributed by atoms with Crippen molar-refractivity contribution < 1.29 is 19.1 Å². The predicted octanol–water partition coefficient (Wildman–Crippen LogP) is 1.57. The molecule has 2 rings (SSSR count). The van der Waals surface area contributed by atoms with Gasteiger partial charge in [0.1, 0.15) is 5.76 Å². The van der Waals surface area contributed by atoms with Crippen molar-refractivity contribution in [2.45, 2.75) is 32.2 Å². The highest BCUT2D eigenvalue weighted by molar-refractivity contribution is 5.95. The molecule has 17 heavy (non-hydrogen) atoms. The summed E-state index contributed by atoms with van der Waals surface area (Å²) >= 11 is 0. The topological polar surface area (TPSA) is 79.5 Å². The average molecular weight is 237 g/mol. The third kappa shape index (κ3) is 2.49. The Balaban J connectivity index is 1.93. The summed E-state index contributed by atoms with van der Waals surface area (Å²) in [5, 5.41) is 11.7. The Kier molecular flexibility index (Phi) is 3.17. The van der Waals surface area contributed by atoms with E-state index in [1.807, 2.05) is 0 Å². The molecule has 0 unspecified atom stereocenters. The highest BCUT2D eigenvalue weighted by Gasteiger charge is 2.30. The lowest BCUT2D eigenvalue weighted by Gasteiger charge is -2.11. The lowest BCUT2D eigenvalue weighted by molar-refractivity contribution is -0.141. The second-order valence-electron chi connectivity index (χ2n) is 4.41. The van der Waals surface area contributed by atoms with E-state index in [4.69, 9.17) is 9.52 Å². The van der Waals surface area contributed by atoms with E-state index in [1.165, 1.54) is 6.26 Å². The maximum absolute atomic E-state index is 11.8. The van der Waals surface area contributed by atoms with Gasteiger partial charge in [0.15, 0.2) is 0 Å². The molecule has 0 spiro atoms. The van der Waals surface area contributed by atoms with Gasteiger partial charge >= 0.3 is 5.97 Å². The number of nitrogens with one attached hydrogen (secondary N) is 1. The van der Waals surface area contributed by atoms with Crippen LogP contribution in [0.4, 0.5) is 0 Å². The van der Waals surface area contributed by atoms with Crippen molar-refractivity contribution in [2.24, 2.45) is 5.92 Å². The zero-order valence-corrected chi connectivity index (χ0v) is 9.60. The number of carbonyl (C=O) groups is 2. The number of aryl methyl sites for hydroxylation is 1. The van der Waals surface area contributed by atoms with Crippen LogP contribution in [0.1, 0.15) is 35.4 Å². The maximum atomic E-state index is 11.8. The van der Waals surface area contributed by atoms with E-state index in [1.54, 1.807) is 13.0 Å². The number of carboxylic acids is 1. The molecule has 1 aromatic rings. The Morgan fingerprint density at radius 2 is 2.24 bits per heavy atom. The summed E-state index contributed by atoms with van der Waals surface area (Å²) in [5.41, 5.74) is 0.517. The molecule has 5 nitrogen and oxygen atoms in total. The minimum atomic E-state index is -0.777. The minimum absolute atomic E-state index is 0.0436. The van der Waals surface area contributed by atoms with Crippen LogP contribution in [-0.4, -0.2) is 23.0 Å². The number of aliphatic carboxylic acids is 1. The Bertz CT molecular complexity index is 437. The first kappa shape index (κ1) is 11.7. The third-order valence-corrected chi connectivity index (χ3v) is 3.22. The van der Waals surface area contributed by atoms with Gasteiger partial charge in [-0.15, -0.1) is 0 Å². The normalized spacial score (nSPS) is 23.6. The number of rotatable bonds is 3. The van der Waals surface area contributed by atoms with Crippen molar-refractivity contribution in [1.29, 1.82) is 0 Å². The fourth-order valence-corrected chi connectivity index (χ4v) is 2.22. The number of carbonyl (C=O) groups excluding carboxylic acids is 1. The van der Waals surface area contributed by atoms with Gasteiger partial charge in [-0.25, -0.2) is 0 Å². The number of furan rings is 1. The number of hydrogen-bond donors (Lipinski definition) is 2. The van der Waals surface area contributed by atoms with Crippen LogP contribution >= 0.6 is 0 Å². The quantitative estimate of drug-likeness (QED) is 0.836. The lowest BCUT2D eigenvalue weighted by atomic mass is 10.1. The molecule has 1 fully saturated rings. The highest BCUT2D eigenvalue weighted by atomic mass is 16.4. The van der Waals surface area contributed by atoms with E-state index >= 15 is 0 Å². The molecule has 1 aliphatic carbocycles. The SMILES string of the molecule is Cc1occc1C(=O)N[C@@H]1CC[C@H](C(=O)O)C1. The van der Waals surface area contributed by atoms with Gasteiger partial charge in [0.2, 0.25) is 0 Å². The zero-order chi connectivity index (χ0) is 12.4. The summed E-state index contributed by atoms with van der Waals surface area (Å²) in [5.74, 6) is -0.713. The van der Waals surface area contributed by atoms with Crippen molar-refractivity contribution in [3.8, 4) is 0 Å². The molecule has 1 aliphatic rings. The molecule has 1 saturated carbocycles. The largest absolute Gasteiger partial charge is 0.481 e. The molecule has 0 radical (unpaired) electrons. The average Bonchev–Trinajstić information content (AvgIpc) is 2.86. The van der Waals surface area contributed by atoms with Gasteiger partial charge in [0.25, 0.3) is 5.91 Å². The lowest BCUT2D eigenvalue weighted by Crippen LogP contribution is -2.33. The molecule has 1 aromatic heterocycles. The van der Waals surface area contributed by atoms with Crippen molar-refractivity contribution >= 4 is 11.9 Å². The fourth-order valence-electron chi connectivity index (χ4n) is 2.22. The smallest absolute Gasteiger partial charge is 0.306 e. The molecule has 92 valence electrons. The predicted molar refractivity (Wildman–Crippen MR) is 59.7 cm³/mol. The standard InChI is InChI=1S/C12H15NO4/c1-7-10(4-5-17-7)11(14)13-9-3-2-8(6-9)12(15)16/h4-5,8-9H,2-3,6H2,1H3,(H,13,14)(H,15,16)/t8-,9+/m0/s1. The van der Waals surface area contributed by atoms with Crippen LogP contribution in [0.5, 0.6) is 0 Å². The first-order valence-corrected chi connectivity index (χ1v) is 5.65. The summed E-state index contributed by atoms with van der Waals surface area (Å²) in [6.45, 7) is 1.73. The van der Waals surface area contributed by atoms with Crippen molar-refractivity contribution in [1.82, 2.24) is 5.32 Å². The van der Waals surface area contributed by atoms with E-state index in [2.05, 4.69) is 5.32 Å². The molecule has 0 aliphatic heterocycles. The van der Waals surface area contributed by atoms with Crippen LogP contribution in [0.3, 0.4) is 0 Å². The fraction of sp³-hybridized carbons (Fsp3) is 0.500. The summed E-state index contributed by atoms with van der Waals surface area (Å²) < 4.78 is 5.05. The summed E-state index contributed by atoms with van der Waals surface area (Å²) in [7, 11) is 0. The maximum Gasteiger partial charge on any atom is 0.306 e. The monoisotopic (exact) mass is 237 g/mol. The Hall–Kier alpha value is -1.78. The molecule has 5 heteroatoms. The minimum Gasteiger partial charge on any atom is -0.481 e. The van der Waals surface area contributed by atoms with E-state index in [9.17, 15) is 9.59 Å². The molecular formula is C12H15NO4. The van der Waals surface area contributed by atoms with Crippen LogP contribution in [0, 0.1) is 12.8 Å². The highest BCUT2D eigenvalue weighted by Crippen LogP contribution is 2.26. The number of carboxylic acid groups (broad SMARTS) is 1. The van der Waals surface area contributed by atoms with E-state index in [0.717, 1.165) is 6.42 Å². The second kappa shape index (κ2) is 4.61. The van der Waals surface area contributed by atoms with Gasteiger partial charge in [-0.1, -0.05) is 0 Å². The van der Waals surface area contributed by atoms with E-state index < -0.39 is 5.97 Å². The van der Waals surface area contributed by atoms with Gasteiger partial charge < -0.3 is 14.8 Å². The molecule has 0 bridgehead atoms. The van der Waals surface area contributed by atoms with Crippen molar-refractivity contribution in [3.05, 3.63) is 23.7 Å². The molecular weight excluding hydrogens is 222 g/mol. The van der Waals surface area contributed by atoms with Crippen LogP contribution in [0.25, 0.3) is 0 Å². The van der Waals surface area contributed by atoms with Crippen LogP contribution in [0.2, 0.25) is 0 Å². The van der Waals surface area contributed by atoms with Crippen LogP contribution in [-0.2, 0) is 4.79 Å². The first-order valence-electron chi connectivity index (χ1n) is 5.65. The van der Waals surface area contributed by atoms with Gasteiger partial charge in [-0.2, -0.15) is 0 Å². The second-order valence-corrected chi connectivity index (χ2v) is 4.41.